The lowest BCUT2D eigenvalue weighted by Gasteiger charge is -2.04. The Morgan fingerprint density at radius 3 is 2.74 bits per heavy atom. The number of aromatic amines is 1. The zero-order valence-electron chi connectivity index (χ0n) is 9.67. The minimum Gasteiger partial charge on any atom is -0.478 e. The van der Waals surface area contributed by atoms with E-state index >= 15 is 0 Å². The first-order valence-electron chi connectivity index (χ1n) is 5.52. The summed E-state index contributed by atoms with van der Waals surface area (Å²) in [5, 5.41) is 8.93. The standard InChI is InChI=1S/C13H9NO4S/c15-13(16)8-2-3-9(14-12(8)19)7-1-4-10-11(5-7)18-6-17-10/h1-5H,6H2,(H,14,19)(H,15,16). The monoisotopic (exact) mass is 275 g/mol. The molecule has 1 aromatic carbocycles. The number of benzene rings is 1. The fraction of sp³-hybridized carbons (Fsp3) is 0.0769. The lowest BCUT2D eigenvalue weighted by Crippen LogP contribution is -1.99. The number of aromatic carboxylic acids is 1. The van der Waals surface area contributed by atoms with E-state index in [1.165, 1.54) is 6.07 Å². The van der Waals surface area contributed by atoms with Crippen molar-refractivity contribution in [3.63, 3.8) is 0 Å². The maximum atomic E-state index is 10.9. The van der Waals surface area contributed by atoms with E-state index in [9.17, 15) is 4.79 Å². The van der Waals surface area contributed by atoms with E-state index in [4.69, 9.17) is 26.8 Å². The summed E-state index contributed by atoms with van der Waals surface area (Å²) in [6.45, 7) is 0.215. The third-order valence-corrected chi connectivity index (χ3v) is 3.15. The molecule has 2 aromatic rings. The quantitative estimate of drug-likeness (QED) is 0.825. The lowest BCUT2D eigenvalue weighted by molar-refractivity contribution is 0.0696. The molecule has 1 aromatic heterocycles. The molecule has 0 atom stereocenters. The van der Waals surface area contributed by atoms with Gasteiger partial charge in [-0.1, -0.05) is 12.2 Å². The van der Waals surface area contributed by atoms with Crippen molar-refractivity contribution in [2.45, 2.75) is 0 Å². The van der Waals surface area contributed by atoms with Gasteiger partial charge in [-0.15, -0.1) is 0 Å². The number of carboxylic acids is 1. The molecule has 1 aliphatic heterocycles. The molecule has 0 radical (unpaired) electrons. The predicted molar refractivity (Wildman–Crippen MR) is 70.1 cm³/mol. The van der Waals surface area contributed by atoms with Gasteiger partial charge in [-0.2, -0.15) is 0 Å². The molecular weight excluding hydrogens is 266 g/mol. The Bertz CT molecular complexity index is 723. The summed E-state index contributed by atoms with van der Waals surface area (Å²) >= 11 is 5.02. The van der Waals surface area contributed by atoms with Gasteiger partial charge in [-0.3, -0.25) is 0 Å². The van der Waals surface area contributed by atoms with E-state index in [0.29, 0.717) is 11.5 Å². The molecular formula is C13H9NO4S. The highest BCUT2D eigenvalue weighted by Gasteiger charge is 2.14. The Morgan fingerprint density at radius 1 is 1.21 bits per heavy atom. The van der Waals surface area contributed by atoms with E-state index in [0.717, 1.165) is 11.3 Å². The molecule has 0 saturated carbocycles. The van der Waals surface area contributed by atoms with E-state index in [1.54, 1.807) is 12.1 Å². The zero-order valence-corrected chi connectivity index (χ0v) is 10.5. The van der Waals surface area contributed by atoms with Gasteiger partial charge in [0.25, 0.3) is 0 Å². The van der Waals surface area contributed by atoms with Crippen molar-refractivity contribution < 1.29 is 19.4 Å². The van der Waals surface area contributed by atoms with Gasteiger partial charge in [0.1, 0.15) is 4.64 Å². The van der Waals surface area contributed by atoms with Crippen molar-refractivity contribution in [1.29, 1.82) is 0 Å². The van der Waals surface area contributed by atoms with Gasteiger partial charge in [0, 0.05) is 11.3 Å². The van der Waals surface area contributed by atoms with Gasteiger partial charge in [0.15, 0.2) is 11.5 Å². The average molecular weight is 275 g/mol. The van der Waals surface area contributed by atoms with Gasteiger partial charge in [-0.25, -0.2) is 4.79 Å². The molecule has 6 heteroatoms. The molecule has 3 rings (SSSR count). The minimum absolute atomic E-state index is 0.0829. The Balaban J connectivity index is 2.05. The minimum atomic E-state index is -1.04. The van der Waals surface area contributed by atoms with E-state index in [1.807, 2.05) is 12.1 Å². The van der Waals surface area contributed by atoms with Crippen LogP contribution in [0.25, 0.3) is 11.3 Å². The number of pyridine rings is 1. The van der Waals surface area contributed by atoms with Crippen molar-refractivity contribution in [2.75, 3.05) is 6.79 Å². The lowest BCUT2D eigenvalue weighted by atomic mass is 10.1. The van der Waals surface area contributed by atoms with E-state index < -0.39 is 5.97 Å². The number of rotatable bonds is 2. The maximum absolute atomic E-state index is 10.9. The summed E-state index contributed by atoms with van der Waals surface area (Å²) in [4.78, 5) is 13.8. The molecule has 5 nitrogen and oxygen atoms in total. The number of carbonyl (C=O) groups is 1. The number of hydrogen-bond acceptors (Lipinski definition) is 4. The molecule has 0 saturated heterocycles. The second-order valence-electron chi connectivity index (χ2n) is 3.99. The molecule has 0 amide bonds. The number of hydrogen-bond donors (Lipinski definition) is 2. The normalized spacial score (nSPS) is 12.4. The summed E-state index contributed by atoms with van der Waals surface area (Å²) in [6.07, 6.45) is 0. The Labute approximate surface area is 113 Å². The zero-order chi connectivity index (χ0) is 13.4. The Kier molecular flexibility index (Phi) is 2.72. The number of nitrogens with one attached hydrogen (secondary N) is 1. The molecule has 96 valence electrons. The van der Waals surface area contributed by atoms with Crippen molar-refractivity contribution >= 4 is 18.2 Å². The molecule has 2 heterocycles. The number of aromatic nitrogens is 1. The van der Waals surface area contributed by atoms with Crippen LogP contribution in [0.3, 0.4) is 0 Å². The number of H-pyrrole nitrogens is 1. The molecule has 0 aliphatic carbocycles. The van der Waals surface area contributed by atoms with Gasteiger partial charge in [0.05, 0.1) is 5.56 Å². The summed E-state index contributed by atoms with van der Waals surface area (Å²) in [5.41, 5.74) is 1.67. The summed E-state index contributed by atoms with van der Waals surface area (Å²) in [7, 11) is 0. The molecule has 0 unspecified atom stereocenters. The van der Waals surface area contributed by atoms with Gasteiger partial charge < -0.3 is 19.6 Å². The van der Waals surface area contributed by atoms with E-state index in [2.05, 4.69) is 4.98 Å². The van der Waals surface area contributed by atoms with Crippen molar-refractivity contribution in [3.05, 3.63) is 40.5 Å². The average Bonchev–Trinajstić information content (AvgIpc) is 2.85. The van der Waals surface area contributed by atoms with Gasteiger partial charge >= 0.3 is 5.97 Å². The molecule has 1 aliphatic rings. The van der Waals surface area contributed by atoms with Crippen LogP contribution >= 0.6 is 12.2 Å². The summed E-state index contributed by atoms with van der Waals surface area (Å²) in [6, 6.07) is 8.65. The second kappa shape index (κ2) is 4.40. The smallest absolute Gasteiger partial charge is 0.338 e. The first kappa shape index (κ1) is 11.7. The summed E-state index contributed by atoms with van der Waals surface area (Å²) in [5.74, 6) is 0.321. The molecule has 19 heavy (non-hydrogen) atoms. The second-order valence-corrected chi connectivity index (χ2v) is 4.40. The van der Waals surface area contributed by atoms with Crippen LogP contribution in [0.5, 0.6) is 11.5 Å². The highest BCUT2D eigenvalue weighted by Crippen LogP contribution is 2.35. The van der Waals surface area contributed by atoms with Crippen LogP contribution in [-0.2, 0) is 0 Å². The number of ether oxygens (including phenoxy) is 2. The third-order valence-electron chi connectivity index (χ3n) is 2.82. The largest absolute Gasteiger partial charge is 0.478 e. The Morgan fingerprint density at radius 2 is 2.00 bits per heavy atom. The van der Waals surface area contributed by atoms with Crippen molar-refractivity contribution in [1.82, 2.24) is 4.98 Å². The third kappa shape index (κ3) is 2.06. The molecule has 2 N–H and O–H groups in total. The Hall–Kier alpha value is -2.34. The first-order valence-corrected chi connectivity index (χ1v) is 5.92. The van der Waals surface area contributed by atoms with E-state index in [-0.39, 0.29) is 17.0 Å². The van der Waals surface area contributed by atoms with Crippen molar-refractivity contribution in [3.8, 4) is 22.8 Å². The van der Waals surface area contributed by atoms with Gasteiger partial charge in [0.2, 0.25) is 6.79 Å². The SMILES string of the molecule is O=C(O)c1ccc(-c2ccc3c(c2)OCO3)[nH]c1=S. The fourth-order valence-electron chi connectivity index (χ4n) is 1.87. The predicted octanol–water partition coefficient (Wildman–Crippen LogP) is 2.84. The number of carboxylic acid groups (broad SMARTS) is 1. The van der Waals surface area contributed by atoms with Crippen LogP contribution < -0.4 is 9.47 Å². The van der Waals surface area contributed by atoms with Crippen LogP contribution in [-0.4, -0.2) is 22.9 Å². The maximum Gasteiger partial charge on any atom is 0.338 e. The van der Waals surface area contributed by atoms with Crippen molar-refractivity contribution in [2.24, 2.45) is 0 Å². The van der Waals surface area contributed by atoms with Gasteiger partial charge in [-0.05, 0) is 30.3 Å². The van der Waals surface area contributed by atoms with Crippen LogP contribution in [0.2, 0.25) is 0 Å². The molecule has 0 bridgehead atoms. The number of fused-ring (bicyclic) bond motifs is 1. The van der Waals surface area contributed by atoms with Crippen LogP contribution in [0.4, 0.5) is 0 Å². The topological polar surface area (TPSA) is 71.6 Å². The highest BCUT2D eigenvalue weighted by atomic mass is 32.1. The van der Waals surface area contributed by atoms with Crippen LogP contribution in [0, 0.1) is 4.64 Å². The van der Waals surface area contributed by atoms with Crippen LogP contribution in [0.1, 0.15) is 10.4 Å². The highest BCUT2D eigenvalue weighted by molar-refractivity contribution is 7.71. The molecule has 0 spiro atoms. The van der Waals surface area contributed by atoms with Crippen LogP contribution in [0.15, 0.2) is 30.3 Å². The fourth-order valence-corrected chi connectivity index (χ4v) is 2.14. The summed E-state index contributed by atoms with van der Waals surface area (Å²) < 4.78 is 10.7. The molecule has 0 fully saturated rings. The first-order chi connectivity index (χ1) is 9.15.